The number of benzene rings is 2. The fourth-order valence-corrected chi connectivity index (χ4v) is 7.67. The maximum absolute atomic E-state index is 13.3. The summed E-state index contributed by atoms with van der Waals surface area (Å²) in [5.41, 5.74) is 5.12. The molecule has 3 saturated heterocycles. The van der Waals surface area contributed by atoms with E-state index in [1.54, 1.807) is 38.0 Å². The maximum atomic E-state index is 13.3. The van der Waals surface area contributed by atoms with Crippen molar-refractivity contribution in [1.29, 1.82) is 0 Å². The van der Waals surface area contributed by atoms with E-state index in [0.29, 0.717) is 23.2 Å². The Morgan fingerprint density at radius 3 is 2.17 bits per heavy atom. The summed E-state index contributed by atoms with van der Waals surface area (Å²) in [6, 6.07) is 10.2. The van der Waals surface area contributed by atoms with Crippen LogP contribution in [0.3, 0.4) is 0 Å². The minimum Gasteiger partial charge on any atom is -0.496 e. The number of carbonyl (C=O) groups is 4. The first-order chi connectivity index (χ1) is 23.0. The van der Waals surface area contributed by atoms with Crippen molar-refractivity contribution in [2.45, 2.75) is 45.2 Å². The Kier molecular flexibility index (Phi) is 7.86. The molecule has 1 N–H and O–H groups in total. The van der Waals surface area contributed by atoms with Crippen LogP contribution in [-0.2, 0) is 23.2 Å². The van der Waals surface area contributed by atoms with Crippen molar-refractivity contribution in [3.05, 3.63) is 75.2 Å². The van der Waals surface area contributed by atoms with Gasteiger partial charge in [-0.3, -0.25) is 39.1 Å². The number of aromatic nitrogens is 1. The van der Waals surface area contributed by atoms with Gasteiger partial charge >= 0.3 is 0 Å². The zero-order valence-corrected chi connectivity index (χ0v) is 27.6. The summed E-state index contributed by atoms with van der Waals surface area (Å²) in [7, 11) is 5.08. The Morgan fingerprint density at radius 2 is 1.54 bits per heavy atom. The van der Waals surface area contributed by atoms with Crippen LogP contribution in [0.2, 0.25) is 0 Å². The lowest BCUT2D eigenvalue weighted by Crippen LogP contribution is -2.60. The molecule has 1 unspecified atom stereocenters. The monoisotopic (exact) mass is 653 g/mol. The first-order valence-corrected chi connectivity index (χ1v) is 16.3. The third-order valence-electron chi connectivity index (χ3n) is 10.4. The molecule has 1 aromatic heterocycles. The van der Waals surface area contributed by atoms with Gasteiger partial charge in [0.2, 0.25) is 11.8 Å². The number of anilines is 1. The predicted octanol–water partition coefficient (Wildman–Crippen LogP) is 2.88. The molecule has 4 amide bonds. The van der Waals surface area contributed by atoms with Gasteiger partial charge in [-0.05, 0) is 86.8 Å². The summed E-state index contributed by atoms with van der Waals surface area (Å²) < 4.78 is 13.3. The van der Waals surface area contributed by atoms with E-state index in [4.69, 9.17) is 9.47 Å². The van der Waals surface area contributed by atoms with Gasteiger partial charge in [-0.25, -0.2) is 0 Å². The standard InChI is InChI=1S/C36H39N5O7/c1-21-13-23(17-38(2)33(21)44)22-14-29(47-3)27(30(15-22)48-4)18-39-11-9-36(10-12-39)19-40(20-36)24-5-6-25-26(16-24)35(46)41(34(25)45)28-7-8-31(42)37-32(28)43/h5-6,13-17,28H,7-12,18-20H2,1-4H3,(H,37,42,43). The zero-order valence-electron chi connectivity index (χ0n) is 27.6. The second kappa shape index (κ2) is 11.9. The molecule has 250 valence electrons. The largest absolute Gasteiger partial charge is 0.496 e. The van der Waals surface area contributed by atoms with Crippen molar-refractivity contribution < 1.29 is 28.7 Å². The molecule has 7 rings (SSSR count). The van der Waals surface area contributed by atoms with E-state index < -0.39 is 29.7 Å². The number of rotatable bonds is 7. The summed E-state index contributed by atoms with van der Waals surface area (Å²) in [6.07, 6.45) is 4.10. The molecule has 3 fully saturated rings. The lowest BCUT2D eigenvalue weighted by atomic mass is 9.71. The molecular formula is C36H39N5O7. The molecule has 5 heterocycles. The van der Waals surface area contributed by atoms with E-state index in [2.05, 4.69) is 15.1 Å². The molecule has 1 atom stereocenters. The SMILES string of the molecule is COc1cc(-c2cc(C)c(=O)n(C)c2)cc(OC)c1CN1CCC2(CC1)CN(c1ccc3c(c1)C(=O)N(C1CCC(=O)NC1=O)C3=O)C2. The van der Waals surface area contributed by atoms with Gasteiger partial charge in [-0.2, -0.15) is 0 Å². The van der Waals surface area contributed by atoms with Crippen LogP contribution in [0.5, 0.6) is 11.5 Å². The number of piperidine rings is 2. The summed E-state index contributed by atoms with van der Waals surface area (Å²) in [5.74, 6) is -0.497. The van der Waals surface area contributed by atoms with Gasteiger partial charge in [-0.1, -0.05) is 0 Å². The van der Waals surface area contributed by atoms with Gasteiger partial charge in [0.05, 0.1) is 30.9 Å². The topological polar surface area (TPSA) is 130 Å². The van der Waals surface area contributed by atoms with Crippen LogP contribution >= 0.6 is 0 Å². The molecule has 0 radical (unpaired) electrons. The molecule has 1 spiro atoms. The molecule has 0 bridgehead atoms. The molecule has 3 aromatic rings. The number of likely N-dealkylation sites (tertiary alicyclic amines) is 1. The molecule has 0 aliphatic carbocycles. The van der Waals surface area contributed by atoms with Crippen LogP contribution in [-0.4, -0.2) is 84.4 Å². The van der Waals surface area contributed by atoms with Gasteiger partial charge in [-0.15, -0.1) is 0 Å². The Balaban J connectivity index is 0.999. The number of hydrogen-bond acceptors (Lipinski definition) is 9. The van der Waals surface area contributed by atoms with E-state index in [1.807, 2.05) is 37.4 Å². The third kappa shape index (κ3) is 5.33. The van der Waals surface area contributed by atoms with Crippen molar-refractivity contribution in [2.24, 2.45) is 12.5 Å². The van der Waals surface area contributed by atoms with Crippen LogP contribution in [0.25, 0.3) is 11.1 Å². The van der Waals surface area contributed by atoms with Crippen LogP contribution in [0, 0.1) is 12.3 Å². The number of imide groups is 2. The van der Waals surface area contributed by atoms with Crippen molar-refractivity contribution in [1.82, 2.24) is 19.7 Å². The number of pyridine rings is 1. The highest BCUT2D eigenvalue weighted by Crippen LogP contribution is 2.44. The zero-order chi connectivity index (χ0) is 33.9. The Bertz CT molecular complexity index is 1870. The van der Waals surface area contributed by atoms with Gasteiger partial charge in [0, 0.05) is 56.0 Å². The number of fused-ring (bicyclic) bond motifs is 1. The molecule has 48 heavy (non-hydrogen) atoms. The van der Waals surface area contributed by atoms with E-state index >= 15 is 0 Å². The number of amides is 4. The van der Waals surface area contributed by atoms with E-state index in [9.17, 15) is 24.0 Å². The molecule has 4 aliphatic heterocycles. The number of nitrogens with one attached hydrogen (secondary N) is 1. The molecule has 12 nitrogen and oxygen atoms in total. The highest BCUT2D eigenvalue weighted by Gasteiger charge is 2.47. The van der Waals surface area contributed by atoms with Crippen LogP contribution in [0.1, 0.15) is 57.5 Å². The van der Waals surface area contributed by atoms with Crippen LogP contribution in [0.4, 0.5) is 5.69 Å². The maximum Gasteiger partial charge on any atom is 0.262 e. The van der Waals surface area contributed by atoms with Crippen molar-refractivity contribution in [3.8, 4) is 22.6 Å². The fraction of sp³-hybridized carbons (Fsp3) is 0.417. The van der Waals surface area contributed by atoms with Crippen molar-refractivity contribution in [2.75, 3.05) is 45.3 Å². The quantitative estimate of drug-likeness (QED) is 0.383. The number of methoxy groups -OCH3 is 2. The van der Waals surface area contributed by atoms with E-state index in [1.165, 1.54) is 0 Å². The second-order valence-corrected chi connectivity index (χ2v) is 13.5. The lowest BCUT2D eigenvalue weighted by Gasteiger charge is -2.55. The highest BCUT2D eigenvalue weighted by atomic mass is 16.5. The van der Waals surface area contributed by atoms with Crippen molar-refractivity contribution in [3.63, 3.8) is 0 Å². The lowest BCUT2D eigenvalue weighted by molar-refractivity contribution is -0.136. The van der Waals surface area contributed by atoms with E-state index in [0.717, 1.165) is 77.8 Å². The normalized spacial score (nSPS) is 20.5. The summed E-state index contributed by atoms with van der Waals surface area (Å²) in [5, 5.41) is 2.24. The average molecular weight is 654 g/mol. The highest BCUT2D eigenvalue weighted by molar-refractivity contribution is 6.23. The van der Waals surface area contributed by atoms with E-state index in [-0.39, 0.29) is 23.8 Å². The Hall–Kier alpha value is -4.97. The third-order valence-corrected chi connectivity index (χ3v) is 10.4. The fourth-order valence-electron chi connectivity index (χ4n) is 7.67. The smallest absolute Gasteiger partial charge is 0.262 e. The van der Waals surface area contributed by atoms with Crippen molar-refractivity contribution >= 4 is 29.3 Å². The Morgan fingerprint density at radius 1 is 0.875 bits per heavy atom. The molecular weight excluding hydrogens is 614 g/mol. The van der Waals surface area contributed by atoms with Gasteiger partial charge in [0.1, 0.15) is 17.5 Å². The summed E-state index contributed by atoms with van der Waals surface area (Å²) in [4.78, 5) is 68.3. The number of aryl methyl sites for hydroxylation is 2. The number of nitrogens with zero attached hydrogens (tertiary/aromatic N) is 4. The van der Waals surface area contributed by atoms with Gasteiger partial charge in [0.15, 0.2) is 0 Å². The Labute approximate surface area is 278 Å². The minimum absolute atomic E-state index is 0.0241. The number of carbonyl (C=O) groups excluding carboxylic acids is 4. The molecule has 0 saturated carbocycles. The summed E-state index contributed by atoms with van der Waals surface area (Å²) in [6.45, 7) is 6.05. The first kappa shape index (κ1) is 31.6. The number of hydrogen-bond donors (Lipinski definition) is 1. The van der Waals surface area contributed by atoms with Gasteiger partial charge in [0.25, 0.3) is 17.4 Å². The average Bonchev–Trinajstić information content (AvgIpc) is 3.31. The minimum atomic E-state index is -0.974. The predicted molar refractivity (Wildman–Crippen MR) is 177 cm³/mol. The molecule has 12 heteroatoms. The van der Waals surface area contributed by atoms with Crippen LogP contribution in [0.15, 0.2) is 47.4 Å². The molecule has 2 aromatic carbocycles. The second-order valence-electron chi connectivity index (χ2n) is 13.5. The first-order valence-electron chi connectivity index (χ1n) is 16.3. The van der Waals surface area contributed by atoms with Crippen LogP contribution < -0.4 is 25.2 Å². The number of ether oxygens (including phenoxy) is 2. The molecule has 4 aliphatic rings. The van der Waals surface area contributed by atoms with Gasteiger partial charge < -0.3 is 18.9 Å². The summed E-state index contributed by atoms with van der Waals surface area (Å²) >= 11 is 0.